The fraction of sp³-hybridized carbons (Fsp3) is 0.667. The van der Waals surface area contributed by atoms with Crippen LogP contribution in [0.2, 0.25) is 0 Å². The molecule has 4 aliphatic carbocycles. The molecular weight excluding hydrogens is 331 g/mol. The largest absolute Gasteiger partial charge is 0.390 e. The summed E-state index contributed by atoms with van der Waals surface area (Å²) in [5.41, 5.74) is -0.0152. The molecule has 4 bridgehead atoms. The number of hydrogen-bond acceptors (Lipinski definition) is 2. The highest BCUT2D eigenvalue weighted by atomic mass is 19.1. The van der Waals surface area contributed by atoms with Crippen molar-refractivity contribution in [1.82, 2.24) is 10.2 Å². The van der Waals surface area contributed by atoms with Gasteiger partial charge in [-0.15, -0.1) is 0 Å². The molecule has 1 heterocycles. The first kappa shape index (κ1) is 16.5. The third-order valence-corrected chi connectivity index (χ3v) is 8.01. The predicted molar refractivity (Wildman–Crippen MR) is 95.8 cm³/mol. The van der Waals surface area contributed by atoms with E-state index in [4.69, 9.17) is 0 Å². The molecule has 5 heteroatoms. The number of carbonyl (C=O) groups is 1. The quantitative estimate of drug-likeness (QED) is 0.853. The van der Waals surface area contributed by atoms with Crippen LogP contribution < -0.4 is 5.32 Å². The molecule has 5 fully saturated rings. The normalized spacial score (nSPS) is 46.7. The summed E-state index contributed by atoms with van der Waals surface area (Å²) in [6.45, 7) is 2.10. The number of nitrogens with zero attached hydrogens (tertiary/aromatic N) is 1. The van der Waals surface area contributed by atoms with Crippen LogP contribution >= 0.6 is 0 Å². The van der Waals surface area contributed by atoms with Crippen LogP contribution in [0.15, 0.2) is 24.3 Å². The lowest BCUT2D eigenvalue weighted by molar-refractivity contribution is -0.161. The number of nitrogens with one attached hydrogen (secondary N) is 1. The number of benzene rings is 1. The van der Waals surface area contributed by atoms with Gasteiger partial charge in [-0.05, 0) is 80.4 Å². The number of hydrogen-bond donors (Lipinski definition) is 2. The summed E-state index contributed by atoms with van der Waals surface area (Å²) >= 11 is 0. The van der Waals surface area contributed by atoms with E-state index in [1.54, 1.807) is 4.90 Å². The van der Waals surface area contributed by atoms with E-state index in [-0.39, 0.29) is 17.9 Å². The molecule has 5 aliphatic rings. The maximum atomic E-state index is 13.5. The van der Waals surface area contributed by atoms with Crippen LogP contribution in [0.4, 0.5) is 9.18 Å². The minimum absolute atomic E-state index is 0.0101. The van der Waals surface area contributed by atoms with Crippen molar-refractivity contribution in [1.29, 1.82) is 0 Å². The molecule has 1 aliphatic heterocycles. The van der Waals surface area contributed by atoms with Crippen molar-refractivity contribution in [3.63, 3.8) is 0 Å². The number of aliphatic hydroxyl groups is 1. The number of likely N-dealkylation sites (N-methyl/N-ethyl adjacent to an activating group) is 1. The summed E-state index contributed by atoms with van der Waals surface area (Å²) in [7, 11) is 1.84. The van der Waals surface area contributed by atoms with Gasteiger partial charge in [0.05, 0.1) is 17.2 Å². The van der Waals surface area contributed by atoms with Gasteiger partial charge in [0.15, 0.2) is 0 Å². The van der Waals surface area contributed by atoms with Gasteiger partial charge in [0.1, 0.15) is 5.82 Å². The Morgan fingerprint density at radius 1 is 1.15 bits per heavy atom. The molecule has 4 atom stereocenters. The van der Waals surface area contributed by atoms with Gasteiger partial charge in [0, 0.05) is 7.05 Å². The fourth-order valence-electron chi connectivity index (χ4n) is 6.99. The lowest BCUT2D eigenvalue weighted by Crippen LogP contribution is -2.61. The van der Waals surface area contributed by atoms with Crippen LogP contribution in [-0.4, -0.2) is 34.7 Å². The van der Waals surface area contributed by atoms with Gasteiger partial charge in [0.25, 0.3) is 0 Å². The smallest absolute Gasteiger partial charge is 0.318 e. The molecule has 2 amide bonds. The van der Waals surface area contributed by atoms with Gasteiger partial charge < -0.3 is 15.3 Å². The summed E-state index contributed by atoms with van der Waals surface area (Å²) in [6.07, 6.45) is 5.01. The summed E-state index contributed by atoms with van der Waals surface area (Å²) in [4.78, 5) is 14.4. The minimum Gasteiger partial charge on any atom is -0.390 e. The van der Waals surface area contributed by atoms with Crippen LogP contribution in [0.3, 0.4) is 0 Å². The van der Waals surface area contributed by atoms with Gasteiger partial charge in [-0.25, -0.2) is 9.18 Å². The van der Waals surface area contributed by atoms with E-state index >= 15 is 0 Å². The Kier molecular flexibility index (Phi) is 3.32. The maximum Gasteiger partial charge on any atom is 0.318 e. The highest BCUT2D eigenvalue weighted by Crippen LogP contribution is 2.61. The lowest BCUT2D eigenvalue weighted by atomic mass is 9.47. The summed E-state index contributed by atoms with van der Waals surface area (Å²) in [5, 5.41) is 14.2. The van der Waals surface area contributed by atoms with E-state index in [9.17, 15) is 14.3 Å². The first-order valence-corrected chi connectivity index (χ1v) is 9.83. The van der Waals surface area contributed by atoms with E-state index in [2.05, 4.69) is 12.2 Å². The van der Waals surface area contributed by atoms with Crippen LogP contribution in [0, 0.1) is 29.5 Å². The van der Waals surface area contributed by atoms with Crippen molar-refractivity contribution in [2.45, 2.75) is 56.2 Å². The molecule has 4 saturated carbocycles. The Bertz CT molecular complexity index is 735. The van der Waals surface area contributed by atoms with Crippen molar-refractivity contribution in [3.05, 3.63) is 35.6 Å². The van der Waals surface area contributed by atoms with Crippen molar-refractivity contribution in [2.75, 3.05) is 7.05 Å². The second kappa shape index (κ2) is 5.22. The minimum atomic E-state index is -0.507. The van der Waals surface area contributed by atoms with Crippen molar-refractivity contribution in [2.24, 2.45) is 23.7 Å². The van der Waals surface area contributed by atoms with Gasteiger partial charge in [0.2, 0.25) is 0 Å². The molecule has 0 radical (unpaired) electrons. The SMILES string of the molecule is CN1C(=O)NC(C2C3CC4CC2CC(O)(C4)C3)C1(C)c1ccc(F)cc1. The van der Waals surface area contributed by atoms with E-state index < -0.39 is 11.1 Å². The molecule has 2 N–H and O–H groups in total. The standard InChI is InChI=1S/C21H27FN2O2/c1-20(15-3-5-16(22)6-4-15)18(23-19(25)24(20)2)17-13-7-12-8-14(17)11-21(26,9-12)10-13/h3-6,12-14,17-18,26H,7-11H2,1-2H3,(H,23,25). The summed E-state index contributed by atoms with van der Waals surface area (Å²) < 4.78 is 13.5. The van der Waals surface area contributed by atoms with E-state index in [1.807, 2.05) is 19.2 Å². The molecule has 4 unspecified atom stereocenters. The predicted octanol–water partition coefficient (Wildman–Crippen LogP) is 3.25. The van der Waals surface area contributed by atoms with E-state index in [0.717, 1.165) is 24.8 Å². The van der Waals surface area contributed by atoms with Crippen molar-refractivity contribution in [3.8, 4) is 0 Å². The Labute approximate surface area is 153 Å². The first-order valence-electron chi connectivity index (χ1n) is 9.83. The summed E-state index contributed by atoms with van der Waals surface area (Å²) in [6, 6.07) is 6.51. The second-order valence-electron chi connectivity index (χ2n) is 9.41. The number of urea groups is 1. The number of amides is 2. The van der Waals surface area contributed by atoms with E-state index in [0.29, 0.717) is 23.7 Å². The Morgan fingerprint density at radius 3 is 2.35 bits per heavy atom. The first-order chi connectivity index (χ1) is 12.3. The highest BCUT2D eigenvalue weighted by molar-refractivity contribution is 5.79. The third kappa shape index (κ3) is 2.13. The number of halogens is 1. The fourth-order valence-corrected chi connectivity index (χ4v) is 6.99. The van der Waals surface area contributed by atoms with Gasteiger partial charge >= 0.3 is 6.03 Å². The number of rotatable bonds is 2. The zero-order valence-electron chi connectivity index (χ0n) is 15.4. The molecule has 1 aromatic rings. The third-order valence-electron chi connectivity index (χ3n) is 8.01. The zero-order valence-corrected chi connectivity index (χ0v) is 15.4. The van der Waals surface area contributed by atoms with Gasteiger partial charge in [-0.3, -0.25) is 0 Å². The second-order valence-corrected chi connectivity index (χ2v) is 9.41. The Morgan fingerprint density at radius 2 is 1.77 bits per heavy atom. The Hall–Kier alpha value is -1.62. The van der Waals surface area contributed by atoms with Crippen molar-refractivity contribution < 1.29 is 14.3 Å². The van der Waals surface area contributed by atoms with Gasteiger partial charge in [-0.1, -0.05) is 12.1 Å². The highest BCUT2D eigenvalue weighted by Gasteiger charge is 2.61. The van der Waals surface area contributed by atoms with E-state index in [1.165, 1.54) is 25.0 Å². The van der Waals surface area contributed by atoms with Crippen molar-refractivity contribution >= 4 is 6.03 Å². The van der Waals surface area contributed by atoms with Crippen LogP contribution in [0.25, 0.3) is 0 Å². The topological polar surface area (TPSA) is 52.6 Å². The summed E-state index contributed by atoms with van der Waals surface area (Å²) in [5.74, 6) is 1.67. The van der Waals surface area contributed by atoms with Crippen LogP contribution in [0.5, 0.6) is 0 Å². The van der Waals surface area contributed by atoms with Crippen LogP contribution in [-0.2, 0) is 5.54 Å². The maximum absolute atomic E-state index is 13.5. The zero-order chi connectivity index (χ0) is 18.3. The molecular formula is C21H27FN2O2. The molecule has 0 spiro atoms. The molecule has 140 valence electrons. The lowest BCUT2D eigenvalue weighted by Gasteiger charge is -2.60. The van der Waals surface area contributed by atoms with Gasteiger partial charge in [-0.2, -0.15) is 0 Å². The average Bonchev–Trinajstić information content (AvgIpc) is 2.79. The monoisotopic (exact) mass is 358 g/mol. The molecule has 4 nitrogen and oxygen atoms in total. The van der Waals surface area contributed by atoms with Crippen LogP contribution in [0.1, 0.15) is 44.6 Å². The molecule has 0 aromatic heterocycles. The molecule has 1 saturated heterocycles. The number of carbonyl (C=O) groups excluding carboxylic acids is 1. The molecule has 26 heavy (non-hydrogen) atoms. The average molecular weight is 358 g/mol. The molecule has 1 aromatic carbocycles. The Balaban J connectivity index is 1.55. The molecule has 6 rings (SSSR count).